The summed E-state index contributed by atoms with van der Waals surface area (Å²) in [5.74, 6) is 1.45. The summed E-state index contributed by atoms with van der Waals surface area (Å²) in [6.07, 6.45) is 0. The van der Waals surface area contributed by atoms with Crippen molar-refractivity contribution in [2.45, 2.75) is 13.0 Å². The fourth-order valence-corrected chi connectivity index (χ4v) is 2.74. The third-order valence-electron chi connectivity index (χ3n) is 3.26. The second kappa shape index (κ2) is 6.29. The molecule has 0 saturated carbocycles. The molecule has 2 aromatic carbocycles. The molecule has 4 heteroatoms. The molecule has 0 heterocycles. The zero-order valence-corrected chi connectivity index (χ0v) is 13.4. The molecular formula is C16H18BrNO2. The maximum Gasteiger partial charge on any atom is 0.127 e. The zero-order chi connectivity index (χ0) is 14.7. The fraction of sp³-hybridized carbons (Fsp3) is 0.250. The van der Waals surface area contributed by atoms with Crippen LogP contribution in [0.1, 0.15) is 22.7 Å². The van der Waals surface area contributed by atoms with Gasteiger partial charge < -0.3 is 15.2 Å². The van der Waals surface area contributed by atoms with Crippen LogP contribution in [0.4, 0.5) is 0 Å². The van der Waals surface area contributed by atoms with Gasteiger partial charge in [0, 0.05) is 4.47 Å². The average molecular weight is 336 g/mol. The predicted molar refractivity (Wildman–Crippen MR) is 84.5 cm³/mol. The van der Waals surface area contributed by atoms with Gasteiger partial charge in [-0.15, -0.1) is 0 Å². The van der Waals surface area contributed by atoms with Crippen LogP contribution in [-0.4, -0.2) is 14.2 Å². The van der Waals surface area contributed by atoms with E-state index in [-0.39, 0.29) is 6.04 Å². The summed E-state index contributed by atoms with van der Waals surface area (Å²) < 4.78 is 11.8. The van der Waals surface area contributed by atoms with Crippen molar-refractivity contribution in [2.24, 2.45) is 5.73 Å². The molecule has 2 aromatic rings. The number of rotatable bonds is 4. The Balaban J connectivity index is 2.58. The van der Waals surface area contributed by atoms with Crippen LogP contribution in [0.3, 0.4) is 0 Å². The molecule has 0 spiro atoms. The van der Waals surface area contributed by atoms with Gasteiger partial charge in [-0.3, -0.25) is 0 Å². The van der Waals surface area contributed by atoms with Gasteiger partial charge >= 0.3 is 0 Å². The van der Waals surface area contributed by atoms with E-state index in [4.69, 9.17) is 15.2 Å². The third kappa shape index (κ3) is 2.81. The largest absolute Gasteiger partial charge is 0.496 e. The summed E-state index contributed by atoms with van der Waals surface area (Å²) in [4.78, 5) is 0. The number of hydrogen-bond donors (Lipinski definition) is 1. The van der Waals surface area contributed by atoms with Crippen molar-refractivity contribution < 1.29 is 9.47 Å². The Morgan fingerprint density at radius 1 is 1.05 bits per heavy atom. The van der Waals surface area contributed by atoms with Gasteiger partial charge in [0.05, 0.1) is 25.8 Å². The Morgan fingerprint density at radius 3 is 2.20 bits per heavy atom. The summed E-state index contributed by atoms with van der Waals surface area (Å²) in [6, 6.07) is 11.5. The molecule has 0 aliphatic rings. The van der Waals surface area contributed by atoms with Crippen LogP contribution in [0.15, 0.2) is 40.9 Å². The molecular weight excluding hydrogens is 318 g/mol. The van der Waals surface area contributed by atoms with Crippen LogP contribution in [0.2, 0.25) is 0 Å². The lowest BCUT2D eigenvalue weighted by Crippen LogP contribution is -2.15. The van der Waals surface area contributed by atoms with E-state index >= 15 is 0 Å². The van der Waals surface area contributed by atoms with Crippen molar-refractivity contribution in [3.05, 3.63) is 57.6 Å². The number of hydrogen-bond acceptors (Lipinski definition) is 3. The minimum atomic E-state index is -0.324. The monoisotopic (exact) mass is 335 g/mol. The van der Waals surface area contributed by atoms with Gasteiger partial charge in [-0.1, -0.05) is 39.7 Å². The van der Waals surface area contributed by atoms with Gasteiger partial charge in [-0.05, 0) is 30.7 Å². The summed E-state index contributed by atoms with van der Waals surface area (Å²) in [5, 5.41) is 0. The van der Waals surface area contributed by atoms with Gasteiger partial charge in [0.1, 0.15) is 11.5 Å². The van der Waals surface area contributed by atoms with Crippen molar-refractivity contribution in [1.82, 2.24) is 0 Å². The van der Waals surface area contributed by atoms with Crippen LogP contribution < -0.4 is 15.2 Å². The van der Waals surface area contributed by atoms with Crippen molar-refractivity contribution in [2.75, 3.05) is 14.2 Å². The molecule has 0 aliphatic heterocycles. The van der Waals surface area contributed by atoms with Gasteiger partial charge in [0.25, 0.3) is 0 Å². The van der Waals surface area contributed by atoms with Gasteiger partial charge in [0.15, 0.2) is 0 Å². The first-order chi connectivity index (χ1) is 9.58. The molecule has 0 amide bonds. The van der Waals surface area contributed by atoms with Gasteiger partial charge in [-0.25, -0.2) is 0 Å². The molecule has 2 rings (SSSR count). The fourth-order valence-electron chi connectivity index (χ4n) is 2.24. The second-order valence-corrected chi connectivity index (χ2v) is 5.43. The SMILES string of the molecule is COc1cccc(OC)c1C(N)c1cc(C)ccc1Br. The summed E-state index contributed by atoms with van der Waals surface area (Å²) >= 11 is 3.56. The number of nitrogens with two attached hydrogens (primary N) is 1. The predicted octanol–water partition coefficient (Wildman–Crippen LogP) is 3.82. The number of ether oxygens (including phenoxy) is 2. The topological polar surface area (TPSA) is 44.5 Å². The highest BCUT2D eigenvalue weighted by Crippen LogP contribution is 2.38. The molecule has 2 N–H and O–H groups in total. The standard InChI is InChI=1S/C16H18BrNO2/c1-10-7-8-12(17)11(9-10)16(18)15-13(19-2)5-4-6-14(15)20-3/h4-9,16H,18H2,1-3H3. The van der Waals surface area contributed by atoms with E-state index in [1.165, 1.54) is 0 Å². The highest BCUT2D eigenvalue weighted by Gasteiger charge is 2.21. The summed E-state index contributed by atoms with van der Waals surface area (Å²) in [7, 11) is 3.27. The highest BCUT2D eigenvalue weighted by atomic mass is 79.9. The Labute approximate surface area is 127 Å². The molecule has 0 fully saturated rings. The van der Waals surface area contributed by atoms with Gasteiger partial charge in [0.2, 0.25) is 0 Å². The average Bonchev–Trinajstić information content (AvgIpc) is 2.48. The molecule has 0 saturated heterocycles. The molecule has 106 valence electrons. The Morgan fingerprint density at radius 2 is 1.65 bits per heavy atom. The molecule has 0 aliphatic carbocycles. The molecule has 3 nitrogen and oxygen atoms in total. The van der Waals surface area contributed by atoms with Crippen LogP contribution >= 0.6 is 15.9 Å². The van der Waals surface area contributed by atoms with Gasteiger partial charge in [-0.2, -0.15) is 0 Å². The first kappa shape index (κ1) is 14.9. The first-order valence-electron chi connectivity index (χ1n) is 6.31. The third-order valence-corrected chi connectivity index (χ3v) is 3.99. The molecule has 0 radical (unpaired) electrons. The van der Waals surface area contributed by atoms with Crippen molar-refractivity contribution in [3.63, 3.8) is 0 Å². The Kier molecular flexibility index (Phi) is 4.68. The Bertz CT molecular complexity index is 591. The number of benzene rings is 2. The quantitative estimate of drug-likeness (QED) is 0.923. The van der Waals surface area contributed by atoms with Crippen LogP contribution in [0, 0.1) is 6.92 Å². The van der Waals surface area contributed by atoms with Crippen molar-refractivity contribution in [3.8, 4) is 11.5 Å². The maximum atomic E-state index is 6.45. The van der Waals surface area contributed by atoms with Crippen molar-refractivity contribution in [1.29, 1.82) is 0 Å². The zero-order valence-electron chi connectivity index (χ0n) is 11.8. The van der Waals surface area contributed by atoms with E-state index in [0.717, 1.165) is 32.7 Å². The summed E-state index contributed by atoms with van der Waals surface area (Å²) in [6.45, 7) is 2.04. The highest BCUT2D eigenvalue weighted by molar-refractivity contribution is 9.10. The summed E-state index contributed by atoms with van der Waals surface area (Å²) in [5.41, 5.74) is 9.47. The molecule has 20 heavy (non-hydrogen) atoms. The maximum absolute atomic E-state index is 6.45. The Hall–Kier alpha value is -1.52. The van der Waals surface area contributed by atoms with Crippen LogP contribution in [0.25, 0.3) is 0 Å². The lowest BCUT2D eigenvalue weighted by atomic mass is 9.96. The number of methoxy groups -OCH3 is 2. The normalized spacial score (nSPS) is 12.1. The molecule has 1 unspecified atom stereocenters. The van der Waals surface area contributed by atoms with Crippen LogP contribution in [0.5, 0.6) is 11.5 Å². The number of aryl methyl sites for hydroxylation is 1. The van der Waals surface area contributed by atoms with E-state index in [1.54, 1.807) is 14.2 Å². The van der Waals surface area contributed by atoms with E-state index in [0.29, 0.717) is 0 Å². The van der Waals surface area contributed by atoms with E-state index in [2.05, 4.69) is 22.0 Å². The first-order valence-corrected chi connectivity index (χ1v) is 7.10. The minimum absolute atomic E-state index is 0.324. The molecule has 0 aromatic heterocycles. The second-order valence-electron chi connectivity index (χ2n) is 4.58. The lowest BCUT2D eigenvalue weighted by Gasteiger charge is -2.20. The van der Waals surface area contributed by atoms with E-state index in [9.17, 15) is 0 Å². The lowest BCUT2D eigenvalue weighted by molar-refractivity contribution is 0.382. The molecule has 1 atom stereocenters. The molecule has 0 bridgehead atoms. The van der Waals surface area contributed by atoms with Crippen molar-refractivity contribution >= 4 is 15.9 Å². The van der Waals surface area contributed by atoms with E-state index < -0.39 is 0 Å². The number of halogens is 1. The minimum Gasteiger partial charge on any atom is -0.496 e. The van der Waals surface area contributed by atoms with Crippen LogP contribution in [-0.2, 0) is 0 Å². The van der Waals surface area contributed by atoms with E-state index in [1.807, 2.05) is 37.3 Å². The smallest absolute Gasteiger partial charge is 0.127 e.